The van der Waals surface area contributed by atoms with Crippen LogP contribution in [0.2, 0.25) is 0 Å². The van der Waals surface area contributed by atoms with Crippen LogP contribution in [0.4, 0.5) is 0 Å². The van der Waals surface area contributed by atoms with Crippen LogP contribution in [-0.4, -0.2) is 87.4 Å². The number of carbonyl (C=O) groups excluding carboxylic acids is 2. The molecule has 0 rings (SSSR count). The third kappa shape index (κ3) is 58.9. The Morgan fingerprint density at radius 3 is 1.10 bits per heavy atom. The molecule has 9 nitrogen and oxygen atoms in total. The van der Waals surface area contributed by atoms with E-state index in [1.165, 1.54) is 51.4 Å². The number of hydrogen-bond acceptors (Lipinski definition) is 7. The summed E-state index contributed by atoms with van der Waals surface area (Å²) in [6.07, 6.45) is 79.5. The Balaban J connectivity index is 4.33. The van der Waals surface area contributed by atoms with Crippen molar-refractivity contribution in [2.24, 2.45) is 0 Å². The molecule has 436 valence electrons. The van der Waals surface area contributed by atoms with Crippen LogP contribution in [0.5, 0.6) is 0 Å². The molecule has 0 aliphatic heterocycles. The number of esters is 2. The number of carbonyl (C=O) groups is 3. The number of aliphatic carboxylic acids is 1. The van der Waals surface area contributed by atoms with Gasteiger partial charge in [0.1, 0.15) is 13.2 Å². The number of likely N-dealkylation sites (N-methyl/N-ethyl adjacent to an activating group) is 1. The van der Waals surface area contributed by atoms with E-state index >= 15 is 0 Å². The molecule has 1 N–H and O–H groups in total. The number of quaternary nitrogens is 1. The van der Waals surface area contributed by atoms with Gasteiger partial charge in [-0.15, -0.1) is 0 Å². The molecule has 0 radical (unpaired) electrons. The van der Waals surface area contributed by atoms with Gasteiger partial charge in [-0.3, -0.25) is 9.59 Å². The van der Waals surface area contributed by atoms with Crippen molar-refractivity contribution < 1.29 is 42.9 Å². The Morgan fingerprint density at radius 1 is 0.403 bits per heavy atom. The topological polar surface area (TPSA) is 108 Å². The third-order valence-corrected chi connectivity index (χ3v) is 12.4. The Kier molecular flexibility index (Phi) is 54.2. The lowest BCUT2D eigenvalue weighted by Crippen LogP contribution is -2.40. The highest BCUT2D eigenvalue weighted by Gasteiger charge is 2.25. The minimum absolute atomic E-state index is 0.174. The molecule has 0 saturated carbocycles. The summed E-state index contributed by atoms with van der Waals surface area (Å²) >= 11 is 0. The van der Waals surface area contributed by atoms with Crippen molar-refractivity contribution >= 4 is 17.9 Å². The first-order chi connectivity index (χ1) is 37.6. The summed E-state index contributed by atoms with van der Waals surface area (Å²) in [6.45, 7) is 4.70. The molecule has 0 fully saturated rings. The summed E-state index contributed by atoms with van der Waals surface area (Å²) in [5.41, 5.74) is 0. The van der Waals surface area contributed by atoms with Gasteiger partial charge in [-0.2, -0.15) is 0 Å². The maximum atomic E-state index is 12.9. The summed E-state index contributed by atoms with van der Waals surface area (Å²) in [4.78, 5) is 37.5. The number of carboxylic acid groups (broad SMARTS) is 1. The van der Waals surface area contributed by atoms with Crippen LogP contribution in [0.3, 0.4) is 0 Å². The molecule has 0 spiro atoms. The maximum absolute atomic E-state index is 12.9. The van der Waals surface area contributed by atoms with Crippen LogP contribution in [0.1, 0.15) is 219 Å². The van der Waals surface area contributed by atoms with E-state index in [1.807, 2.05) is 21.1 Å². The highest BCUT2D eigenvalue weighted by molar-refractivity contribution is 5.71. The Morgan fingerprint density at radius 2 is 0.740 bits per heavy atom. The predicted octanol–water partition coefficient (Wildman–Crippen LogP) is 18.2. The molecule has 2 unspecified atom stereocenters. The number of hydrogen-bond donors (Lipinski definition) is 1. The molecule has 0 amide bonds. The van der Waals surface area contributed by atoms with Crippen molar-refractivity contribution in [2.75, 3.05) is 47.5 Å². The molecule has 77 heavy (non-hydrogen) atoms. The fraction of sp³-hybridized carbons (Fsp3) is 0.632. The summed E-state index contributed by atoms with van der Waals surface area (Å²) in [5.74, 6) is -2.06. The van der Waals surface area contributed by atoms with Gasteiger partial charge in [-0.05, 0) is 116 Å². The van der Waals surface area contributed by atoms with E-state index < -0.39 is 24.3 Å². The summed E-state index contributed by atoms with van der Waals surface area (Å²) < 4.78 is 22.9. The van der Waals surface area contributed by atoms with Gasteiger partial charge in [-0.1, -0.05) is 225 Å². The van der Waals surface area contributed by atoms with Crippen molar-refractivity contribution in [3.05, 3.63) is 134 Å². The van der Waals surface area contributed by atoms with E-state index in [-0.39, 0.29) is 38.6 Å². The van der Waals surface area contributed by atoms with E-state index in [2.05, 4.69) is 148 Å². The fourth-order valence-corrected chi connectivity index (χ4v) is 7.74. The van der Waals surface area contributed by atoms with Gasteiger partial charge >= 0.3 is 17.9 Å². The van der Waals surface area contributed by atoms with Gasteiger partial charge in [0.2, 0.25) is 0 Å². The SMILES string of the molecule is CC/C=C\C/C=C\C/C=C\C/C=C\C/C=C\C/C=C\C/C=C\C/C=C\CCCCCCCCC(=O)OC(COC(=O)CCCCCCCC/C=C\C/C=C\C/C=C\CCCCCCC)COC(OCC[N+](C)(C)C)C(=O)O. The first-order valence-corrected chi connectivity index (χ1v) is 30.3. The third-order valence-electron chi connectivity index (χ3n) is 12.4. The number of rotatable bonds is 54. The number of nitrogens with zero attached hydrogens (tertiary/aromatic N) is 1. The molecule has 0 heterocycles. The molecule has 0 saturated heterocycles. The van der Waals surface area contributed by atoms with Crippen LogP contribution in [0, 0.1) is 0 Å². The highest BCUT2D eigenvalue weighted by atomic mass is 16.7. The zero-order valence-corrected chi connectivity index (χ0v) is 49.6. The summed E-state index contributed by atoms with van der Waals surface area (Å²) in [5, 5.41) is 9.71. The van der Waals surface area contributed by atoms with E-state index in [0.717, 1.165) is 135 Å². The van der Waals surface area contributed by atoms with E-state index in [1.54, 1.807) is 0 Å². The monoisotopic (exact) mass is 1070 g/mol. The lowest BCUT2D eigenvalue weighted by atomic mass is 10.1. The first-order valence-electron chi connectivity index (χ1n) is 30.3. The highest BCUT2D eigenvalue weighted by Crippen LogP contribution is 2.14. The maximum Gasteiger partial charge on any atom is 0.361 e. The molecule has 2 atom stereocenters. The van der Waals surface area contributed by atoms with E-state index in [9.17, 15) is 19.5 Å². The van der Waals surface area contributed by atoms with E-state index in [0.29, 0.717) is 17.4 Å². The number of unbranched alkanes of at least 4 members (excludes halogenated alkanes) is 17. The second kappa shape index (κ2) is 57.6. The average molecular weight is 1070 g/mol. The molecular weight excluding hydrogens is 959 g/mol. The largest absolute Gasteiger partial charge is 0.477 e. The summed E-state index contributed by atoms with van der Waals surface area (Å²) in [7, 11) is 5.95. The van der Waals surface area contributed by atoms with Gasteiger partial charge < -0.3 is 28.5 Å². The number of ether oxygens (including phenoxy) is 4. The smallest absolute Gasteiger partial charge is 0.361 e. The number of carboxylic acids is 1. The minimum atomic E-state index is -1.53. The lowest BCUT2D eigenvalue weighted by molar-refractivity contribution is -0.870. The molecule has 0 bridgehead atoms. The van der Waals surface area contributed by atoms with Gasteiger partial charge in [0.05, 0.1) is 34.4 Å². The Bertz CT molecular complexity index is 1720. The van der Waals surface area contributed by atoms with Crippen LogP contribution < -0.4 is 0 Å². The van der Waals surface area contributed by atoms with Crippen LogP contribution in [0.25, 0.3) is 0 Å². The molecule has 0 aromatic carbocycles. The first kappa shape index (κ1) is 72.4. The van der Waals surface area contributed by atoms with Crippen molar-refractivity contribution in [3.63, 3.8) is 0 Å². The lowest BCUT2D eigenvalue weighted by Gasteiger charge is -2.25. The quantitative estimate of drug-likeness (QED) is 0.0211. The molecular formula is C68H112NO8+. The normalized spacial score (nSPS) is 13.7. The Hall–Kier alpha value is -4.57. The molecule has 0 aliphatic carbocycles. The Labute approximate surface area is 471 Å². The van der Waals surface area contributed by atoms with Crippen molar-refractivity contribution in [2.45, 2.75) is 232 Å². The zero-order chi connectivity index (χ0) is 56.2. The van der Waals surface area contributed by atoms with Crippen molar-refractivity contribution in [3.8, 4) is 0 Å². The summed E-state index contributed by atoms with van der Waals surface area (Å²) in [6, 6.07) is 0. The molecule has 0 aliphatic rings. The van der Waals surface area contributed by atoms with E-state index in [4.69, 9.17) is 18.9 Å². The minimum Gasteiger partial charge on any atom is -0.477 e. The van der Waals surface area contributed by atoms with Gasteiger partial charge in [0.25, 0.3) is 6.29 Å². The molecule has 0 aromatic heterocycles. The van der Waals surface area contributed by atoms with Gasteiger partial charge in [0.15, 0.2) is 6.10 Å². The van der Waals surface area contributed by atoms with Crippen LogP contribution in [-0.2, 0) is 33.3 Å². The van der Waals surface area contributed by atoms with Crippen molar-refractivity contribution in [1.29, 1.82) is 0 Å². The fourth-order valence-electron chi connectivity index (χ4n) is 7.74. The van der Waals surface area contributed by atoms with Crippen LogP contribution >= 0.6 is 0 Å². The predicted molar refractivity (Wildman–Crippen MR) is 327 cm³/mol. The van der Waals surface area contributed by atoms with Crippen LogP contribution in [0.15, 0.2) is 134 Å². The second-order valence-electron chi connectivity index (χ2n) is 20.9. The van der Waals surface area contributed by atoms with Crippen molar-refractivity contribution in [1.82, 2.24) is 0 Å². The molecule has 0 aromatic rings. The number of allylic oxidation sites excluding steroid dienone is 22. The standard InChI is InChI=1S/C68H111NO8/c1-6-8-10-12-14-16-18-20-22-24-26-28-29-30-31-32-33-34-35-36-37-39-41-43-45-47-49-51-53-55-57-59-66(71)77-64(63-76-68(67(72)73)74-61-60-69(3,4)5)62-75-65(70)58-56-54-52-50-48-46-44-42-40-38-27-25-23-21-19-17-15-13-11-9-7-2/h8,10,14,16,19-22,25-28,30-31,33-34,36-37,40-43,64,68H,6-7,9,11-13,15,17-18,23-24,29,32,35,38-39,44-63H2,1-5H3/p+1/b10-8-,16-14-,21-19-,22-20-,27-25-,28-26-,31-30-,34-33-,37-36-,42-40-,43-41-. The van der Waals surface area contributed by atoms with Gasteiger partial charge in [0, 0.05) is 12.8 Å². The zero-order valence-electron chi connectivity index (χ0n) is 49.6. The molecule has 9 heteroatoms. The average Bonchev–Trinajstić information content (AvgIpc) is 3.40. The van der Waals surface area contributed by atoms with Gasteiger partial charge in [-0.25, -0.2) is 4.79 Å². The second-order valence-corrected chi connectivity index (χ2v) is 20.9.